The molecular formula is C22H21FN2O3. The molecule has 6 heteroatoms. The summed E-state index contributed by atoms with van der Waals surface area (Å²) in [5.41, 5.74) is 1.33. The Hall–Kier alpha value is -3.15. The Morgan fingerprint density at radius 2 is 2.04 bits per heavy atom. The van der Waals surface area contributed by atoms with Gasteiger partial charge in [0, 0.05) is 12.6 Å². The van der Waals surface area contributed by atoms with Gasteiger partial charge in [0.2, 0.25) is 5.91 Å². The van der Waals surface area contributed by atoms with Crippen LogP contribution in [0.4, 0.5) is 4.39 Å². The summed E-state index contributed by atoms with van der Waals surface area (Å²) in [6, 6.07) is 15.8. The second-order valence-electron chi connectivity index (χ2n) is 7.00. The molecule has 0 aliphatic heterocycles. The van der Waals surface area contributed by atoms with E-state index in [4.69, 9.17) is 9.26 Å². The number of aromatic nitrogens is 1. The highest BCUT2D eigenvalue weighted by atomic mass is 19.1. The van der Waals surface area contributed by atoms with Crippen LogP contribution in [-0.2, 0) is 16.6 Å². The minimum absolute atomic E-state index is 0.0659. The Balaban J connectivity index is 1.41. The third-order valence-corrected chi connectivity index (χ3v) is 5.16. The van der Waals surface area contributed by atoms with Gasteiger partial charge in [-0.1, -0.05) is 29.4 Å². The summed E-state index contributed by atoms with van der Waals surface area (Å²) in [7, 11) is 1.63. The lowest BCUT2D eigenvalue weighted by atomic mass is 10.00. The van der Waals surface area contributed by atoms with E-state index in [1.165, 1.54) is 6.07 Å². The zero-order valence-corrected chi connectivity index (χ0v) is 15.6. The normalized spacial score (nSPS) is 14.5. The van der Waals surface area contributed by atoms with Crippen LogP contribution in [0.2, 0.25) is 0 Å². The molecule has 5 nitrogen and oxygen atoms in total. The lowest BCUT2D eigenvalue weighted by Crippen LogP contribution is -2.36. The lowest BCUT2D eigenvalue weighted by Gasteiger charge is -2.12. The summed E-state index contributed by atoms with van der Waals surface area (Å²) in [6.45, 7) is 0.520. The molecule has 1 aliphatic carbocycles. The van der Waals surface area contributed by atoms with Crippen molar-refractivity contribution in [3.63, 3.8) is 0 Å². The van der Waals surface area contributed by atoms with Crippen LogP contribution in [0.3, 0.4) is 0 Å². The Morgan fingerprint density at radius 1 is 1.21 bits per heavy atom. The quantitative estimate of drug-likeness (QED) is 0.676. The van der Waals surface area contributed by atoms with Gasteiger partial charge in [-0.3, -0.25) is 4.79 Å². The highest BCUT2D eigenvalue weighted by molar-refractivity contribution is 5.91. The number of hydrogen-bond acceptors (Lipinski definition) is 4. The minimum atomic E-state index is -0.665. The van der Waals surface area contributed by atoms with E-state index in [9.17, 15) is 9.18 Å². The third kappa shape index (κ3) is 3.50. The Kier molecular flexibility index (Phi) is 4.86. The van der Waals surface area contributed by atoms with Crippen molar-refractivity contribution >= 4 is 5.91 Å². The van der Waals surface area contributed by atoms with Gasteiger partial charge < -0.3 is 14.6 Å². The summed E-state index contributed by atoms with van der Waals surface area (Å²) >= 11 is 0. The Labute approximate surface area is 162 Å². The number of nitrogens with one attached hydrogen (secondary N) is 1. The molecule has 3 aromatic rings. The molecule has 1 saturated carbocycles. The van der Waals surface area contributed by atoms with Crippen LogP contribution < -0.4 is 10.1 Å². The molecule has 2 aromatic carbocycles. The van der Waals surface area contributed by atoms with Crippen LogP contribution in [0.25, 0.3) is 11.3 Å². The van der Waals surface area contributed by atoms with Crippen LogP contribution >= 0.6 is 0 Å². The van der Waals surface area contributed by atoms with Gasteiger partial charge in [0.15, 0.2) is 5.76 Å². The molecule has 0 saturated heterocycles. The first-order valence-electron chi connectivity index (χ1n) is 9.26. The van der Waals surface area contributed by atoms with E-state index < -0.39 is 5.41 Å². The van der Waals surface area contributed by atoms with Crippen molar-refractivity contribution in [2.75, 3.05) is 13.7 Å². The van der Waals surface area contributed by atoms with Crippen LogP contribution in [-0.4, -0.2) is 24.7 Å². The van der Waals surface area contributed by atoms with Gasteiger partial charge in [0.05, 0.1) is 23.8 Å². The monoisotopic (exact) mass is 380 g/mol. The van der Waals surface area contributed by atoms with Crippen molar-refractivity contribution in [2.45, 2.75) is 24.7 Å². The van der Waals surface area contributed by atoms with Crippen LogP contribution in [0.5, 0.6) is 5.75 Å². The average Bonchev–Trinajstić information content (AvgIpc) is 3.39. The van der Waals surface area contributed by atoms with Gasteiger partial charge in [0.1, 0.15) is 11.6 Å². The number of carbonyl (C=O) groups is 1. The van der Waals surface area contributed by atoms with E-state index in [1.54, 1.807) is 31.4 Å². The van der Waals surface area contributed by atoms with Crippen molar-refractivity contribution in [2.24, 2.45) is 0 Å². The van der Waals surface area contributed by atoms with Gasteiger partial charge >= 0.3 is 0 Å². The summed E-state index contributed by atoms with van der Waals surface area (Å²) in [5, 5.41) is 7.05. The summed E-state index contributed by atoms with van der Waals surface area (Å²) < 4.78 is 24.5. The maximum absolute atomic E-state index is 14.0. The van der Waals surface area contributed by atoms with Gasteiger partial charge in [-0.2, -0.15) is 0 Å². The number of carbonyl (C=O) groups excluding carboxylic acids is 1. The van der Waals surface area contributed by atoms with Crippen molar-refractivity contribution in [1.29, 1.82) is 0 Å². The zero-order chi connectivity index (χ0) is 19.6. The van der Waals surface area contributed by atoms with Crippen LogP contribution in [0, 0.1) is 5.82 Å². The number of methoxy groups -OCH3 is 1. The fraction of sp³-hybridized carbons (Fsp3) is 0.273. The van der Waals surface area contributed by atoms with Crippen molar-refractivity contribution in [1.82, 2.24) is 10.5 Å². The molecule has 0 bridgehead atoms. The molecule has 1 aromatic heterocycles. The number of nitrogens with zero attached hydrogens (tertiary/aromatic N) is 1. The number of halogens is 1. The standard InChI is InChI=1S/C22H21FN2O3/c1-27-16-6-4-5-15(13-16)9-12-24-21(26)22(10-11-22)20-14-19(28-25-20)17-7-2-3-8-18(17)23/h2-8,13-14H,9-12H2,1H3,(H,24,26). The molecule has 0 atom stereocenters. The highest BCUT2D eigenvalue weighted by Crippen LogP contribution is 2.48. The van der Waals surface area contributed by atoms with Crippen LogP contribution in [0.1, 0.15) is 24.1 Å². The zero-order valence-electron chi connectivity index (χ0n) is 15.6. The van der Waals surface area contributed by atoms with Crippen molar-refractivity contribution < 1.29 is 18.4 Å². The lowest BCUT2D eigenvalue weighted by molar-refractivity contribution is -0.123. The molecule has 0 unspecified atom stereocenters. The SMILES string of the molecule is COc1cccc(CCNC(=O)C2(c3cc(-c4ccccc4F)on3)CC2)c1. The number of hydrogen-bond donors (Lipinski definition) is 1. The van der Waals surface area contributed by atoms with Gasteiger partial charge in [-0.05, 0) is 49.1 Å². The first-order chi connectivity index (χ1) is 13.6. The predicted molar refractivity (Wildman–Crippen MR) is 103 cm³/mol. The number of ether oxygens (including phenoxy) is 1. The second kappa shape index (κ2) is 7.46. The fourth-order valence-electron chi connectivity index (χ4n) is 3.33. The van der Waals surface area contributed by atoms with E-state index in [2.05, 4.69) is 10.5 Å². The molecule has 1 fully saturated rings. The Morgan fingerprint density at radius 3 is 2.79 bits per heavy atom. The predicted octanol–water partition coefficient (Wildman–Crippen LogP) is 3.88. The summed E-state index contributed by atoms with van der Waals surface area (Å²) in [4.78, 5) is 12.8. The minimum Gasteiger partial charge on any atom is -0.497 e. The van der Waals surface area contributed by atoms with Gasteiger partial charge in [0.25, 0.3) is 0 Å². The second-order valence-corrected chi connectivity index (χ2v) is 7.00. The van der Waals surface area contributed by atoms with E-state index in [1.807, 2.05) is 24.3 Å². The van der Waals surface area contributed by atoms with E-state index >= 15 is 0 Å². The third-order valence-electron chi connectivity index (χ3n) is 5.16. The van der Waals surface area contributed by atoms with Gasteiger partial charge in [-0.25, -0.2) is 4.39 Å². The molecule has 1 aliphatic rings. The molecule has 1 amide bonds. The Bertz CT molecular complexity index is 995. The molecule has 1 heterocycles. The maximum Gasteiger partial charge on any atom is 0.232 e. The number of rotatable bonds is 7. The first-order valence-corrected chi connectivity index (χ1v) is 9.26. The van der Waals surface area contributed by atoms with Crippen molar-refractivity contribution in [3.05, 3.63) is 71.7 Å². The number of benzene rings is 2. The molecule has 1 N–H and O–H groups in total. The van der Waals surface area contributed by atoms with E-state index in [0.717, 1.165) is 11.3 Å². The average molecular weight is 380 g/mol. The maximum atomic E-state index is 14.0. The number of amides is 1. The molecular weight excluding hydrogens is 359 g/mol. The molecule has 28 heavy (non-hydrogen) atoms. The first kappa shape index (κ1) is 18.2. The van der Waals surface area contributed by atoms with Gasteiger partial charge in [-0.15, -0.1) is 0 Å². The summed E-state index contributed by atoms with van der Waals surface area (Å²) in [6.07, 6.45) is 2.13. The smallest absolute Gasteiger partial charge is 0.232 e. The van der Waals surface area contributed by atoms with E-state index in [0.29, 0.717) is 42.8 Å². The topological polar surface area (TPSA) is 64.4 Å². The fourth-order valence-corrected chi connectivity index (χ4v) is 3.33. The van der Waals surface area contributed by atoms with E-state index in [-0.39, 0.29) is 11.7 Å². The van der Waals surface area contributed by atoms with Crippen LogP contribution in [0.15, 0.2) is 59.1 Å². The summed E-state index contributed by atoms with van der Waals surface area (Å²) in [5.74, 6) is 0.691. The van der Waals surface area contributed by atoms with Crippen molar-refractivity contribution in [3.8, 4) is 17.1 Å². The highest BCUT2D eigenvalue weighted by Gasteiger charge is 2.53. The largest absolute Gasteiger partial charge is 0.497 e. The molecule has 0 radical (unpaired) electrons. The molecule has 0 spiro atoms. The molecule has 144 valence electrons. The molecule has 4 rings (SSSR count).